The van der Waals surface area contributed by atoms with Crippen LogP contribution in [-0.2, 0) is 19.6 Å². The van der Waals surface area contributed by atoms with E-state index < -0.39 is 33.2 Å². The molecule has 1 heterocycles. The number of halogens is 3. The fraction of sp³-hybridized carbons (Fsp3) is 0.786. The van der Waals surface area contributed by atoms with E-state index in [2.05, 4.69) is 11.7 Å². The highest BCUT2D eigenvalue weighted by Crippen LogP contribution is 2.21. The molecule has 1 aromatic heterocycles. The highest BCUT2D eigenvalue weighted by atomic mass is 35.5. The molecule has 0 N–H and O–H groups in total. The van der Waals surface area contributed by atoms with Crippen molar-refractivity contribution in [3.05, 3.63) is 31.5 Å². The molecule has 0 spiro atoms. The fourth-order valence-corrected chi connectivity index (χ4v) is 7.35. The zero-order chi connectivity index (χ0) is 22.0. The van der Waals surface area contributed by atoms with E-state index in [1.54, 1.807) is 21.6 Å². The summed E-state index contributed by atoms with van der Waals surface area (Å²) >= 11 is 22.9. The predicted octanol–water partition coefficient (Wildman–Crippen LogP) is 3.59. The molecule has 0 aliphatic rings. The first-order chi connectivity index (χ1) is 13.8. The van der Waals surface area contributed by atoms with Crippen LogP contribution in [0, 0.1) is 0 Å². The summed E-state index contributed by atoms with van der Waals surface area (Å²) in [7, 11) is 7.36. The van der Waals surface area contributed by atoms with Crippen LogP contribution in [0.3, 0.4) is 0 Å². The highest BCUT2D eigenvalue weighted by molar-refractivity contribution is 8.76. The van der Waals surface area contributed by atoms with Crippen LogP contribution in [0.4, 0.5) is 0 Å². The van der Waals surface area contributed by atoms with Gasteiger partial charge in [0.05, 0.1) is 16.1 Å². The second kappa shape index (κ2) is 15.3. The Hall–Kier alpha value is 1.38. The van der Waals surface area contributed by atoms with Gasteiger partial charge in [-0.3, -0.25) is 0 Å². The van der Waals surface area contributed by atoms with Crippen molar-refractivity contribution in [2.45, 2.75) is 35.8 Å². The first-order valence-electron chi connectivity index (χ1n) is 8.21. The summed E-state index contributed by atoms with van der Waals surface area (Å²) in [5, 5.41) is -1.40. The molecule has 6 nitrogen and oxygen atoms in total. The molecule has 15 heteroatoms. The number of rotatable bonds is 14. The average Bonchev–Trinajstić information content (AvgIpc) is 2.68. The average molecular weight is 579 g/mol. The summed E-state index contributed by atoms with van der Waals surface area (Å²) < 4.78 is 2.99. The third-order valence-electron chi connectivity index (χ3n) is 3.52. The molecule has 3 atom stereocenters. The van der Waals surface area contributed by atoms with Crippen LogP contribution in [0.2, 0.25) is 0 Å². The maximum atomic E-state index is 12.9. The lowest BCUT2D eigenvalue weighted by molar-refractivity contribution is 0.444. The van der Waals surface area contributed by atoms with Gasteiger partial charge in [0.2, 0.25) is 0 Å². The minimum Gasteiger partial charge on any atom is -0.247 e. The number of hydrogen-bond donors (Lipinski definition) is 1. The summed E-state index contributed by atoms with van der Waals surface area (Å²) in [6, 6.07) is 0. The summed E-state index contributed by atoms with van der Waals surface area (Å²) in [4.78, 5) is 38.7. The van der Waals surface area contributed by atoms with Crippen molar-refractivity contribution >= 4 is 100 Å². The van der Waals surface area contributed by atoms with Crippen molar-refractivity contribution in [1.29, 1.82) is 0 Å². The lowest BCUT2D eigenvalue weighted by Gasteiger charge is -2.18. The van der Waals surface area contributed by atoms with Gasteiger partial charge in [0.15, 0.2) is 0 Å². The minimum atomic E-state index is -0.713. The Bertz CT molecular complexity index is 751. The van der Waals surface area contributed by atoms with E-state index in [-0.39, 0.29) is 19.6 Å². The standard InChI is InChI=1S/C14H22Cl3N3O3S6/c1-25-28-7-10(16)4-19-12(21)18(3-9(15)6-27-24)13(22)20(14(19)23)5-11(17)8-29-26-2/h9-11,24H,3-8H2,1-2H3. The summed E-state index contributed by atoms with van der Waals surface area (Å²) in [5.74, 6) is 1.52. The van der Waals surface area contributed by atoms with Gasteiger partial charge < -0.3 is 0 Å². The largest absolute Gasteiger partial charge is 0.336 e. The molecule has 0 aliphatic heterocycles. The lowest BCUT2D eigenvalue weighted by atomic mass is 10.4. The third-order valence-corrected chi connectivity index (χ3v) is 9.72. The molecular weight excluding hydrogens is 557 g/mol. The van der Waals surface area contributed by atoms with Crippen LogP contribution in [0.5, 0.6) is 0 Å². The Morgan fingerprint density at radius 3 is 1.31 bits per heavy atom. The molecule has 0 amide bonds. The van der Waals surface area contributed by atoms with Gasteiger partial charge in [-0.2, -0.15) is 0 Å². The van der Waals surface area contributed by atoms with E-state index in [1.807, 2.05) is 12.5 Å². The van der Waals surface area contributed by atoms with Crippen LogP contribution in [0.15, 0.2) is 14.4 Å². The number of alkyl halides is 3. The highest BCUT2D eigenvalue weighted by Gasteiger charge is 2.21. The molecule has 0 aromatic carbocycles. The SMILES string of the molecule is CSSCC(Cl)Cn1c(=O)n(CC(Cl)CSS)c(=O)n(CC(Cl)CSSC)c1=O. The van der Waals surface area contributed by atoms with Gasteiger partial charge in [0.1, 0.15) is 0 Å². The first-order valence-corrected chi connectivity index (χ1v) is 17.0. The molecule has 1 rings (SSSR count). The maximum Gasteiger partial charge on any atom is 0.336 e. The van der Waals surface area contributed by atoms with E-state index >= 15 is 0 Å². The van der Waals surface area contributed by atoms with Gasteiger partial charge in [-0.1, -0.05) is 54.0 Å². The molecule has 0 saturated heterocycles. The maximum absolute atomic E-state index is 12.9. The van der Waals surface area contributed by atoms with Gasteiger partial charge in [-0.25, -0.2) is 28.1 Å². The van der Waals surface area contributed by atoms with E-state index in [9.17, 15) is 14.4 Å². The quantitative estimate of drug-likeness (QED) is 0.204. The molecule has 1 aromatic rings. The fourth-order valence-electron chi connectivity index (χ4n) is 2.27. The number of hydrogen-bond acceptors (Lipinski definition) is 9. The second-order valence-corrected chi connectivity index (χ2v) is 14.1. The zero-order valence-corrected chi connectivity index (χ0v) is 22.9. The van der Waals surface area contributed by atoms with Gasteiger partial charge >= 0.3 is 17.1 Å². The minimum absolute atomic E-state index is 0.00610. The number of aromatic nitrogens is 3. The van der Waals surface area contributed by atoms with Crippen molar-refractivity contribution in [1.82, 2.24) is 13.7 Å². The van der Waals surface area contributed by atoms with Crippen LogP contribution >= 0.6 is 100 Å². The van der Waals surface area contributed by atoms with E-state index in [1.165, 1.54) is 32.4 Å². The van der Waals surface area contributed by atoms with Crippen LogP contribution < -0.4 is 17.1 Å². The summed E-state index contributed by atoms with van der Waals surface area (Å²) in [6.45, 7) is -0.0478. The summed E-state index contributed by atoms with van der Waals surface area (Å²) in [5.41, 5.74) is -2.13. The lowest BCUT2D eigenvalue weighted by Crippen LogP contribution is -2.56. The Kier molecular flexibility index (Phi) is 15.0. The first kappa shape index (κ1) is 28.4. The smallest absolute Gasteiger partial charge is 0.247 e. The normalized spacial score (nSPS) is 14.7. The van der Waals surface area contributed by atoms with E-state index in [0.29, 0.717) is 17.3 Å². The van der Waals surface area contributed by atoms with Crippen LogP contribution in [0.25, 0.3) is 0 Å². The molecule has 0 saturated carbocycles. The van der Waals surface area contributed by atoms with Gasteiger partial charge in [0, 0.05) is 36.9 Å². The summed E-state index contributed by atoms with van der Waals surface area (Å²) in [6.07, 6.45) is 3.84. The molecule has 29 heavy (non-hydrogen) atoms. The van der Waals surface area contributed by atoms with Crippen LogP contribution in [0.1, 0.15) is 0 Å². The molecule has 0 bridgehead atoms. The van der Waals surface area contributed by atoms with E-state index in [0.717, 1.165) is 13.7 Å². The van der Waals surface area contributed by atoms with Crippen molar-refractivity contribution in [2.24, 2.45) is 0 Å². The predicted molar refractivity (Wildman–Crippen MR) is 142 cm³/mol. The van der Waals surface area contributed by atoms with Gasteiger partial charge in [-0.05, 0) is 12.5 Å². The molecule has 0 fully saturated rings. The molecule has 168 valence electrons. The Balaban J connectivity index is 3.38. The van der Waals surface area contributed by atoms with Crippen LogP contribution in [-0.4, -0.2) is 59.6 Å². The topological polar surface area (TPSA) is 66.0 Å². The van der Waals surface area contributed by atoms with E-state index in [4.69, 9.17) is 34.8 Å². The molecular formula is C14H22Cl3N3O3S6. The van der Waals surface area contributed by atoms with Crippen molar-refractivity contribution in [3.63, 3.8) is 0 Å². The molecule has 0 aliphatic carbocycles. The van der Waals surface area contributed by atoms with Gasteiger partial charge in [0.25, 0.3) is 0 Å². The van der Waals surface area contributed by atoms with Crippen molar-refractivity contribution in [2.75, 3.05) is 29.8 Å². The van der Waals surface area contributed by atoms with Gasteiger partial charge in [-0.15, -0.1) is 46.5 Å². The Morgan fingerprint density at radius 1 is 0.724 bits per heavy atom. The second-order valence-electron chi connectivity index (χ2n) is 5.67. The third kappa shape index (κ3) is 9.41. The zero-order valence-electron chi connectivity index (χ0n) is 15.7. The Labute approximate surface area is 209 Å². The molecule has 3 unspecified atom stereocenters. The van der Waals surface area contributed by atoms with Crippen molar-refractivity contribution < 1.29 is 0 Å². The molecule has 0 radical (unpaired) electrons. The Morgan fingerprint density at radius 2 is 1.03 bits per heavy atom. The monoisotopic (exact) mass is 577 g/mol. The number of nitrogens with zero attached hydrogens (tertiary/aromatic N) is 3. The number of thiol groups is 1. The van der Waals surface area contributed by atoms with Crippen molar-refractivity contribution in [3.8, 4) is 0 Å².